The van der Waals surface area contributed by atoms with Gasteiger partial charge in [-0.2, -0.15) is 18.3 Å². The van der Waals surface area contributed by atoms with Crippen molar-refractivity contribution in [1.82, 2.24) is 9.78 Å². The zero-order valence-electron chi connectivity index (χ0n) is 13.2. The molecule has 0 saturated carbocycles. The summed E-state index contributed by atoms with van der Waals surface area (Å²) in [5.41, 5.74) is 0.201. The Balaban J connectivity index is 1.92. The first-order valence-electron chi connectivity index (χ1n) is 7.37. The monoisotopic (exact) mass is 355 g/mol. The topological polar surface area (TPSA) is 84.2 Å². The zero-order chi connectivity index (χ0) is 18.6. The predicted molar refractivity (Wildman–Crippen MR) is 82.8 cm³/mol. The zero-order valence-corrected chi connectivity index (χ0v) is 13.2. The summed E-state index contributed by atoms with van der Waals surface area (Å²) in [6, 6.07) is 7.37. The summed E-state index contributed by atoms with van der Waals surface area (Å²) in [6.07, 6.45) is -3.11. The number of rotatable bonds is 6. The van der Waals surface area contributed by atoms with Crippen molar-refractivity contribution in [2.24, 2.45) is 5.92 Å². The number of nitrogens with one attached hydrogen (secondary N) is 1. The number of benzene rings is 1. The number of aromatic nitrogens is 2. The maximum atomic E-state index is 12.5. The van der Waals surface area contributed by atoms with Gasteiger partial charge in [0.25, 0.3) is 0 Å². The lowest BCUT2D eigenvalue weighted by molar-refractivity contribution is -0.142. The third-order valence-electron chi connectivity index (χ3n) is 3.44. The highest BCUT2D eigenvalue weighted by molar-refractivity contribution is 5.90. The number of carbonyl (C=O) groups excluding carboxylic acids is 1. The Bertz CT molecular complexity index is 754. The molecule has 2 aromatic rings. The van der Waals surface area contributed by atoms with E-state index >= 15 is 0 Å². The Morgan fingerprint density at radius 2 is 1.88 bits per heavy atom. The number of aliphatic carboxylic acids is 1. The van der Waals surface area contributed by atoms with E-state index in [0.717, 1.165) is 22.5 Å². The molecule has 1 atom stereocenters. The highest BCUT2D eigenvalue weighted by Crippen LogP contribution is 2.27. The smallest absolute Gasteiger partial charge is 0.435 e. The van der Waals surface area contributed by atoms with E-state index in [0.29, 0.717) is 12.1 Å². The van der Waals surface area contributed by atoms with Crippen LogP contribution in [0.2, 0.25) is 0 Å². The van der Waals surface area contributed by atoms with Crippen LogP contribution in [0.5, 0.6) is 0 Å². The van der Waals surface area contributed by atoms with Gasteiger partial charge in [0.15, 0.2) is 5.69 Å². The molecule has 9 heteroatoms. The summed E-state index contributed by atoms with van der Waals surface area (Å²) >= 11 is 0. The van der Waals surface area contributed by atoms with Gasteiger partial charge in [-0.1, -0.05) is 19.1 Å². The van der Waals surface area contributed by atoms with Crippen molar-refractivity contribution in [3.63, 3.8) is 0 Å². The van der Waals surface area contributed by atoms with Crippen molar-refractivity contribution < 1.29 is 27.9 Å². The Hall–Kier alpha value is -2.84. The van der Waals surface area contributed by atoms with Crippen LogP contribution in [0.1, 0.15) is 18.2 Å². The Morgan fingerprint density at radius 3 is 2.40 bits per heavy atom. The number of hydrogen-bond acceptors (Lipinski definition) is 3. The molecule has 0 fully saturated rings. The molecule has 1 unspecified atom stereocenters. The quantitative estimate of drug-likeness (QED) is 0.835. The number of amides is 1. The summed E-state index contributed by atoms with van der Waals surface area (Å²) < 4.78 is 38.3. The number of anilines is 1. The molecule has 0 bridgehead atoms. The van der Waals surface area contributed by atoms with E-state index in [1.54, 1.807) is 31.2 Å². The molecule has 6 nitrogen and oxygen atoms in total. The molecule has 1 aromatic carbocycles. The first kappa shape index (κ1) is 18.5. The third-order valence-corrected chi connectivity index (χ3v) is 3.44. The second-order valence-corrected chi connectivity index (χ2v) is 5.58. The Labute approximate surface area is 141 Å². The van der Waals surface area contributed by atoms with Gasteiger partial charge < -0.3 is 10.4 Å². The van der Waals surface area contributed by atoms with Crippen LogP contribution in [0.4, 0.5) is 18.9 Å². The van der Waals surface area contributed by atoms with Gasteiger partial charge in [0.05, 0.1) is 5.92 Å². The highest BCUT2D eigenvalue weighted by atomic mass is 19.4. The van der Waals surface area contributed by atoms with Crippen LogP contribution < -0.4 is 5.32 Å². The Morgan fingerprint density at radius 1 is 1.24 bits per heavy atom. The minimum Gasteiger partial charge on any atom is -0.481 e. The lowest BCUT2D eigenvalue weighted by atomic mass is 10.0. The van der Waals surface area contributed by atoms with Crippen molar-refractivity contribution in [1.29, 1.82) is 0 Å². The first-order valence-corrected chi connectivity index (χ1v) is 7.37. The van der Waals surface area contributed by atoms with Gasteiger partial charge in [-0.3, -0.25) is 14.3 Å². The minimum atomic E-state index is -4.55. The van der Waals surface area contributed by atoms with E-state index in [1.807, 2.05) is 0 Å². The van der Waals surface area contributed by atoms with E-state index in [4.69, 9.17) is 5.11 Å². The number of hydrogen-bond donors (Lipinski definition) is 2. The van der Waals surface area contributed by atoms with Crippen LogP contribution in [0.15, 0.2) is 36.5 Å². The molecule has 0 aliphatic carbocycles. The third kappa shape index (κ3) is 5.33. The summed E-state index contributed by atoms with van der Waals surface area (Å²) in [6.45, 7) is 1.24. The van der Waals surface area contributed by atoms with E-state index in [9.17, 15) is 22.8 Å². The summed E-state index contributed by atoms with van der Waals surface area (Å²) in [5, 5.41) is 14.7. The average Bonchev–Trinajstić information content (AvgIpc) is 2.97. The number of carbonyl (C=O) groups is 2. The Kier molecular flexibility index (Phi) is 5.45. The normalized spacial score (nSPS) is 12.6. The van der Waals surface area contributed by atoms with E-state index in [-0.39, 0.29) is 6.54 Å². The van der Waals surface area contributed by atoms with Crippen molar-refractivity contribution >= 4 is 17.6 Å². The maximum Gasteiger partial charge on any atom is 0.435 e. The number of nitrogens with zero attached hydrogens (tertiary/aromatic N) is 2. The number of carboxylic acids is 1. The van der Waals surface area contributed by atoms with Crippen molar-refractivity contribution in [2.45, 2.75) is 26.1 Å². The van der Waals surface area contributed by atoms with Crippen LogP contribution >= 0.6 is 0 Å². The standard InChI is InChI=1S/C16H16F3N3O3/c1-10(15(24)25)8-11-2-4-12(5-3-11)20-14(23)9-22-7-6-13(21-22)16(17,18)19/h2-7,10H,8-9H2,1H3,(H,20,23)(H,24,25). The molecule has 0 spiro atoms. The average molecular weight is 355 g/mol. The summed E-state index contributed by atoms with van der Waals surface area (Å²) in [7, 11) is 0. The van der Waals surface area contributed by atoms with Crippen molar-refractivity contribution in [2.75, 3.05) is 5.32 Å². The summed E-state index contributed by atoms with van der Waals surface area (Å²) in [4.78, 5) is 22.7. The fraction of sp³-hybridized carbons (Fsp3) is 0.312. The van der Waals surface area contributed by atoms with Gasteiger partial charge in [0, 0.05) is 11.9 Å². The van der Waals surface area contributed by atoms with Crippen molar-refractivity contribution in [3.8, 4) is 0 Å². The van der Waals surface area contributed by atoms with Crippen LogP contribution in [-0.4, -0.2) is 26.8 Å². The minimum absolute atomic E-state index is 0.353. The second-order valence-electron chi connectivity index (χ2n) is 5.58. The number of halogens is 3. The molecular formula is C16H16F3N3O3. The largest absolute Gasteiger partial charge is 0.481 e. The summed E-state index contributed by atoms with van der Waals surface area (Å²) in [5.74, 6) is -1.94. The first-order chi connectivity index (χ1) is 11.6. The molecule has 0 aliphatic rings. The molecular weight excluding hydrogens is 339 g/mol. The fourth-order valence-corrected chi connectivity index (χ4v) is 2.11. The van der Waals surface area contributed by atoms with Crippen LogP contribution in [0.3, 0.4) is 0 Å². The van der Waals surface area contributed by atoms with Gasteiger partial charge >= 0.3 is 12.1 Å². The predicted octanol–water partition coefficient (Wildman–Crippen LogP) is 2.80. The van der Waals surface area contributed by atoms with Gasteiger partial charge in [-0.05, 0) is 30.2 Å². The molecule has 0 radical (unpaired) electrons. The van der Waals surface area contributed by atoms with Crippen LogP contribution in [-0.2, 0) is 28.7 Å². The molecule has 2 rings (SSSR count). The SMILES string of the molecule is CC(Cc1ccc(NC(=O)Cn2ccc(C(F)(F)F)n2)cc1)C(=O)O. The molecule has 0 aliphatic heterocycles. The highest BCUT2D eigenvalue weighted by Gasteiger charge is 2.33. The number of carboxylic acid groups (broad SMARTS) is 1. The van der Waals surface area contributed by atoms with Gasteiger partial charge in [0.1, 0.15) is 6.54 Å². The molecule has 1 aromatic heterocycles. The lowest BCUT2D eigenvalue weighted by Gasteiger charge is -2.09. The van der Waals surface area contributed by atoms with E-state index < -0.39 is 29.7 Å². The van der Waals surface area contributed by atoms with E-state index in [2.05, 4.69) is 10.4 Å². The van der Waals surface area contributed by atoms with Crippen molar-refractivity contribution in [3.05, 3.63) is 47.8 Å². The maximum absolute atomic E-state index is 12.5. The molecule has 134 valence electrons. The molecule has 2 N–H and O–H groups in total. The van der Waals surface area contributed by atoms with Gasteiger partial charge in [-0.25, -0.2) is 0 Å². The van der Waals surface area contributed by atoms with Crippen LogP contribution in [0.25, 0.3) is 0 Å². The molecule has 25 heavy (non-hydrogen) atoms. The van der Waals surface area contributed by atoms with Gasteiger partial charge in [0.2, 0.25) is 5.91 Å². The second kappa shape index (κ2) is 7.37. The molecule has 1 heterocycles. The number of alkyl halides is 3. The molecule has 1 amide bonds. The van der Waals surface area contributed by atoms with Crippen LogP contribution in [0, 0.1) is 5.92 Å². The fourth-order valence-electron chi connectivity index (χ4n) is 2.11. The lowest BCUT2D eigenvalue weighted by Crippen LogP contribution is -2.19. The van der Waals surface area contributed by atoms with E-state index in [1.165, 1.54) is 0 Å². The van der Waals surface area contributed by atoms with Gasteiger partial charge in [-0.15, -0.1) is 0 Å². The molecule has 0 saturated heterocycles.